The molecule has 1 aromatic heterocycles. The summed E-state index contributed by atoms with van der Waals surface area (Å²) >= 11 is 0. The summed E-state index contributed by atoms with van der Waals surface area (Å²) in [7, 11) is 1.87. The Hall–Kier alpha value is -1.98. The molecular formula is C19H23ClN2O3. The number of para-hydroxylation sites is 1. The molecule has 2 atom stereocenters. The largest absolute Gasteiger partial charge is 0.426 e. The first-order chi connectivity index (χ1) is 11.7. The molecule has 25 heavy (non-hydrogen) atoms. The predicted molar refractivity (Wildman–Crippen MR) is 97.5 cm³/mol. The smallest absolute Gasteiger partial charge is 0.290 e. The Kier molecular flexibility index (Phi) is 5.35. The lowest BCUT2D eigenvalue weighted by Crippen LogP contribution is -2.48. The molecule has 5 nitrogen and oxygen atoms in total. The Bertz CT molecular complexity index is 706. The van der Waals surface area contributed by atoms with Crippen LogP contribution in [0.25, 0.3) is 0 Å². The van der Waals surface area contributed by atoms with Gasteiger partial charge in [-0.2, -0.15) is 0 Å². The molecule has 3 heterocycles. The van der Waals surface area contributed by atoms with E-state index < -0.39 is 0 Å². The van der Waals surface area contributed by atoms with Crippen molar-refractivity contribution in [3.8, 4) is 11.7 Å². The number of nitrogens with zero attached hydrogens (tertiary/aromatic N) is 1. The Balaban J connectivity index is 0.00000182. The van der Waals surface area contributed by atoms with E-state index in [-0.39, 0.29) is 24.4 Å². The molecule has 134 valence electrons. The van der Waals surface area contributed by atoms with Gasteiger partial charge in [-0.25, -0.2) is 0 Å². The van der Waals surface area contributed by atoms with Gasteiger partial charge in [0.1, 0.15) is 5.75 Å². The summed E-state index contributed by atoms with van der Waals surface area (Å²) in [5, 5.41) is 3.60. The minimum Gasteiger partial charge on any atom is -0.426 e. The molecule has 6 heteroatoms. The first-order valence-electron chi connectivity index (χ1n) is 8.55. The number of benzene rings is 1. The quantitative estimate of drug-likeness (QED) is 0.897. The Morgan fingerprint density at radius 2 is 1.80 bits per heavy atom. The molecule has 2 saturated heterocycles. The summed E-state index contributed by atoms with van der Waals surface area (Å²) < 4.78 is 11.2. The number of carbonyl (C=O) groups is 1. The lowest BCUT2D eigenvalue weighted by Gasteiger charge is -2.35. The number of hydrogen-bond acceptors (Lipinski definition) is 4. The molecule has 0 aliphatic carbocycles. The Morgan fingerprint density at radius 1 is 1.12 bits per heavy atom. The third-order valence-corrected chi connectivity index (χ3v) is 5.07. The second-order valence-corrected chi connectivity index (χ2v) is 6.71. The second kappa shape index (κ2) is 7.50. The van der Waals surface area contributed by atoms with Crippen molar-refractivity contribution in [3.63, 3.8) is 0 Å². The molecule has 1 amide bonds. The second-order valence-electron chi connectivity index (χ2n) is 6.71. The summed E-state index contributed by atoms with van der Waals surface area (Å²) in [6, 6.07) is 14.2. The molecule has 2 unspecified atom stereocenters. The van der Waals surface area contributed by atoms with Crippen molar-refractivity contribution in [1.29, 1.82) is 0 Å². The number of amides is 1. The van der Waals surface area contributed by atoms with Crippen molar-refractivity contribution in [3.05, 3.63) is 48.2 Å². The lowest BCUT2D eigenvalue weighted by molar-refractivity contribution is 0.0645. The van der Waals surface area contributed by atoms with Gasteiger partial charge in [0, 0.05) is 31.2 Å². The molecule has 0 radical (unpaired) electrons. The van der Waals surface area contributed by atoms with Gasteiger partial charge in [0.15, 0.2) is 5.76 Å². The van der Waals surface area contributed by atoms with Crippen LogP contribution in [-0.2, 0) is 0 Å². The highest BCUT2D eigenvalue weighted by Crippen LogP contribution is 2.30. The Morgan fingerprint density at radius 3 is 2.48 bits per heavy atom. The average Bonchev–Trinajstić information content (AvgIpc) is 3.20. The van der Waals surface area contributed by atoms with E-state index in [9.17, 15) is 4.79 Å². The van der Waals surface area contributed by atoms with Crippen LogP contribution in [0.3, 0.4) is 0 Å². The van der Waals surface area contributed by atoms with Crippen molar-refractivity contribution >= 4 is 18.3 Å². The molecular weight excluding hydrogens is 340 g/mol. The van der Waals surface area contributed by atoms with Gasteiger partial charge in [0.2, 0.25) is 0 Å². The maximum atomic E-state index is 12.7. The number of furan rings is 1. The summed E-state index contributed by atoms with van der Waals surface area (Å²) in [4.78, 5) is 14.5. The van der Waals surface area contributed by atoms with Crippen molar-refractivity contribution in [2.24, 2.45) is 0 Å². The van der Waals surface area contributed by atoms with Crippen LogP contribution in [0.5, 0.6) is 11.7 Å². The van der Waals surface area contributed by atoms with Crippen LogP contribution in [-0.4, -0.2) is 36.0 Å². The SMILES string of the molecule is CN(C(=O)c1ccc(Oc2ccccc2)o1)C1CC2CCC(C1)N2.Cl. The number of hydrogen-bond donors (Lipinski definition) is 1. The zero-order valence-electron chi connectivity index (χ0n) is 14.2. The molecule has 1 N–H and O–H groups in total. The van der Waals surface area contributed by atoms with E-state index in [1.54, 1.807) is 12.1 Å². The van der Waals surface area contributed by atoms with Gasteiger partial charge < -0.3 is 19.4 Å². The maximum absolute atomic E-state index is 12.7. The van der Waals surface area contributed by atoms with Crippen LogP contribution < -0.4 is 10.1 Å². The topological polar surface area (TPSA) is 54.7 Å². The maximum Gasteiger partial charge on any atom is 0.290 e. The number of ether oxygens (including phenoxy) is 1. The minimum atomic E-state index is -0.0794. The van der Waals surface area contributed by atoms with Gasteiger partial charge in [-0.15, -0.1) is 12.4 Å². The van der Waals surface area contributed by atoms with E-state index >= 15 is 0 Å². The highest BCUT2D eigenvalue weighted by Gasteiger charge is 2.37. The van der Waals surface area contributed by atoms with Crippen molar-refractivity contribution in [2.45, 2.75) is 43.8 Å². The molecule has 2 bridgehead atoms. The summed E-state index contributed by atoms with van der Waals surface area (Å²) in [6.07, 6.45) is 4.48. The van der Waals surface area contributed by atoms with Crippen molar-refractivity contribution < 1.29 is 13.9 Å². The van der Waals surface area contributed by atoms with Crippen LogP contribution >= 0.6 is 12.4 Å². The highest BCUT2D eigenvalue weighted by atomic mass is 35.5. The van der Waals surface area contributed by atoms with E-state index in [0.717, 1.165) is 12.8 Å². The van der Waals surface area contributed by atoms with Crippen molar-refractivity contribution in [1.82, 2.24) is 10.2 Å². The number of halogens is 1. The number of fused-ring (bicyclic) bond motifs is 2. The van der Waals surface area contributed by atoms with E-state index in [2.05, 4.69) is 5.32 Å². The first-order valence-corrected chi connectivity index (χ1v) is 8.55. The monoisotopic (exact) mass is 362 g/mol. The number of piperidine rings is 1. The fraction of sp³-hybridized carbons (Fsp3) is 0.421. The third kappa shape index (κ3) is 3.83. The van der Waals surface area contributed by atoms with Gasteiger partial charge >= 0.3 is 0 Å². The standard InChI is InChI=1S/C19H22N2O3.ClH/c1-21(15-11-13-7-8-14(12-15)20-13)19(22)17-9-10-18(24-17)23-16-5-3-2-4-6-16;/h2-6,9-10,13-15,20H,7-8,11-12H2,1H3;1H. The average molecular weight is 363 g/mol. The number of carbonyl (C=O) groups excluding carboxylic acids is 1. The summed E-state index contributed by atoms with van der Waals surface area (Å²) in [6.45, 7) is 0. The predicted octanol–water partition coefficient (Wildman–Crippen LogP) is 3.85. The molecule has 2 aliphatic heterocycles. The number of rotatable bonds is 4. The molecule has 2 aliphatic rings. The molecule has 4 rings (SSSR count). The summed E-state index contributed by atoms with van der Waals surface area (Å²) in [5.74, 6) is 1.27. The van der Waals surface area contributed by atoms with E-state index in [4.69, 9.17) is 9.15 Å². The molecule has 1 aromatic carbocycles. The fourth-order valence-corrected chi connectivity index (χ4v) is 3.78. The van der Waals surface area contributed by atoms with Crippen LogP contribution in [0.15, 0.2) is 46.9 Å². The van der Waals surface area contributed by atoms with Gasteiger partial charge in [0.25, 0.3) is 11.9 Å². The normalized spacial score (nSPS) is 24.4. The highest BCUT2D eigenvalue weighted by molar-refractivity contribution is 5.91. The molecule has 0 spiro atoms. The minimum absolute atomic E-state index is 0. The van der Waals surface area contributed by atoms with Gasteiger partial charge in [-0.05, 0) is 43.9 Å². The van der Waals surface area contributed by atoms with Crippen LogP contribution in [0.1, 0.15) is 36.2 Å². The van der Waals surface area contributed by atoms with Crippen LogP contribution in [0.4, 0.5) is 0 Å². The van der Waals surface area contributed by atoms with Crippen LogP contribution in [0.2, 0.25) is 0 Å². The lowest BCUT2D eigenvalue weighted by atomic mass is 9.98. The van der Waals surface area contributed by atoms with Gasteiger partial charge in [-0.3, -0.25) is 4.79 Å². The van der Waals surface area contributed by atoms with Gasteiger partial charge in [0.05, 0.1) is 0 Å². The number of nitrogens with one attached hydrogen (secondary N) is 1. The Labute approximate surface area is 153 Å². The van der Waals surface area contributed by atoms with E-state index in [0.29, 0.717) is 29.5 Å². The zero-order chi connectivity index (χ0) is 16.5. The van der Waals surface area contributed by atoms with E-state index in [1.165, 1.54) is 12.8 Å². The summed E-state index contributed by atoms with van der Waals surface area (Å²) in [5.41, 5.74) is 0. The fourth-order valence-electron chi connectivity index (χ4n) is 3.78. The van der Waals surface area contributed by atoms with Crippen LogP contribution in [0, 0.1) is 0 Å². The third-order valence-electron chi connectivity index (χ3n) is 5.07. The van der Waals surface area contributed by atoms with Crippen molar-refractivity contribution in [2.75, 3.05) is 7.05 Å². The zero-order valence-corrected chi connectivity index (χ0v) is 15.0. The first kappa shape index (κ1) is 17.8. The van der Waals surface area contributed by atoms with Gasteiger partial charge in [-0.1, -0.05) is 18.2 Å². The molecule has 2 fully saturated rings. The van der Waals surface area contributed by atoms with E-state index in [1.807, 2.05) is 42.3 Å². The molecule has 0 saturated carbocycles. The molecule has 2 aromatic rings.